The molecule has 4 rings (SSSR count). The fourth-order valence-electron chi connectivity index (χ4n) is 4.19. The van der Waals surface area contributed by atoms with E-state index >= 15 is 0 Å². The van der Waals surface area contributed by atoms with Gasteiger partial charge in [-0.25, -0.2) is 9.97 Å². The van der Waals surface area contributed by atoms with Crippen molar-refractivity contribution >= 4 is 23.1 Å². The number of piperazine rings is 1. The molecule has 1 aliphatic rings. The van der Waals surface area contributed by atoms with Crippen LogP contribution in [0.3, 0.4) is 0 Å². The molecule has 182 valence electrons. The molecule has 0 unspecified atom stereocenters. The highest BCUT2D eigenvalue weighted by molar-refractivity contribution is 7.13. The van der Waals surface area contributed by atoms with Crippen LogP contribution >= 0.6 is 11.3 Å². The molecule has 0 amide bonds. The third-order valence-electron chi connectivity index (χ3n) is 6.14. The van der Waals surface area contributed by atoms with Gasteiger partial charge in [0, 0.05) is 68.5 Å². The summed E-state index contributed by atoms with van der Waals surface area (Å²) in [4.78, 5) is 21.4. The zero-order valence-corrected chi connectivity index (χ0v) is 21.6. The molecular formula is C25H34N6O2S. The van der Waals surface area contributed by atoms with Gasteiger partial charge in [-0.1, -0.05) is 0 Å². The van der Waals surface area contributed by atoms with Gasteiger partial charge in [-0.2, -0.15) is 4.98 Å². The van der Waals surface area contributed by atoms with Gasteiger partial charge in [0.2, 0.25) is 5.95 Å². The van der Waals surface area contributed by atoms with E-state index in [-0.39, 0.29) is 0 Å². The Hall–Kier alpha value is -2.91. The van der Waals surface area contributed by atoms with Crippen molar-refractivity contribution in [1.29, 1.82) is 0 Å². The number of aryl methyl sites for hydroxylation is 1. The molecule has 1 aliphatic heterocycles. The van der Waals surface area contributed by atoms with Gasteiger partial charge >= 0.3 is 0 Å². The van der Waals surface area contributed by atoms with Crippen molar-refractivity contribution in [2.75, 3.05) is 63.3 Å². The fourth-order valence-corrected chi connectivity index (χ4v) is 5.00. The number of ether oxygens (including phenoxy) is 2. The lowest BCUT2D eigenvalue weighted by Gasteiger charge is -2.35. The third-order valence-corrected chi connectivity index (χ3v) is 7.08. The molecule has 0 radical (unpaired) electrons. The molecule has 2 aromatic heterocycles. The van der Waals surface area contributed by atoms with Gasteiger partial charge in [-0.15, -0.1) is 11.3 Å². The lowest BCUT2D eigenvalue weighted by Crippen LogP contribution is -2.46. The Morgan fingerprint density at radius 2 is 1.68 bits per heavy atom. The minimum Gasteiger partial charge on any atom is -0.493 e. The largest absolute Gasteiger partial charge is 0.493 e. The average Bonchev–Trinajstić information content (AvgIpc) is 3.33. The van der Waals surface area contributed by atoms with Crippen LogP contribution in [0.25, 0.3) is 10.6 Å². The number of rotatable bonds is 9. The number of nitrogens with zero attached hydrogens (tertiary/aromatic N) is 6. The van der Waals surface area contributed by atoms with Gasteiger partial charge in [-0.3, -0.25) is 4.90 Å². The monoisotopic (exact) mass is 482 g/mol. The van der Waals surface area contributed by atoms with E-state index in [0.29, 0.717) is 0 Å². The molecule has 3 heterocycles. The van der Waals surface area contributed by atoms with E-state index in [1.54, 1.807) is 25.6 Å². The molecular weight excluding hydrogens is 448 g/mol. The van der Waals surface area contributed by atoms with Crippen molar-refractivity contribution in [2.24, 2.45) is 0 Å². The Balaban J connectivity index is 1.38. The van der Waals surface area contributed by atoms with Crippen LogP contribution in [0, 0.1) is 6.92 Å². The second kappa shape index (κ2) is 11.0. The fraction of sp³-hybridized carbons (Fsp3) is 0.480. The molecule has 1 saturated heterocycles. The van der Waals surface area contributed by atoms with Crippen LogP contribution in [0.5, 0.6) is 11.5 Å². The van der Waals surface area contributed by atoms with E-state index < -0.39 is 0 Å². The first-order chi connectivity index (χ1) is 16.5. The van der Waals surface area contributed by atoms with Crippen molar-refractivity contribution in [2.45, 2.75) is 27.3 Å². The summed E-state index contributed by atoms with van der Waals surface area (Å²) in [5, 5.41) is 3.15. The second-order valence-electron chi connectivity index (χ2n) is 8.32. The van der Waals surface area contributed by atoms with Gasteiger partial charge in [0.05, 0.1) is 19.9 Å². The maximum atomic E-state index is 5.44. The smallest absolute Gasteiger partial charge is 0.227 e. The van der Waals surface area contributed by atoms with Crippen molar-refractivity contribution < 1.29 is 9.47 Å². The van der Waals surface area contributed by atoms with Gasteiger partial charge in [-0.05, 0) is 39.0 Å². The molecule has 0 saturated carbocycles. The lowest BCUT2D eigenvalue weighted by molar-refractivity contribution is 0.247. The minimum absolute atomic E-state index is 0.719. The van der Waals surface area contributed by atoms with Crippen LogP contribution < -0.4 is 19.3 Å². The van der Waals surface area contributed by atoms with Crippen LogP contribution in [-0.4, -0.2) is 73.3 Å². The van der Waals surface area contributed by atoms with Crippen LogP contribution in [0.4, 0.5) is 11.8 Å². The zero-order chi connectivity index (χ0) is 24.1. The van der Waals surface area contributed by atoms with E-state index in [9.17, 15) is 0 Å². The van der Waals surface area contributed by atoms with Crippen molar-refractivity contribution in [3.8, 4) is 22.1 Å². The molecule has 1 fully saturated rings. The van der Waals surface area contributed by atoms with Crippen LogP contribution in [-0.2, 0) is 6.54 Å². The molecule has 0 aliphatic carbocycles. The Labute approximate surface area is 206 Å². The standard InChI is InChI=1S/C25H34N6O2S/c1-6-30(7-2)25-26-18(3)14-23(28-25)31-12-10-29(11-13-31)16-20-17-34-24(27-20)19-8-9-21(32-4)22(15-19)33-5/h8-9,14-15,17H,6-7,10-13,16H2,1-5H3. The molecule has 9 heteroatoms. The number of anilines is 2. The predicted molar refractivity (Wildman–Crippen MR) is 138 cm³/mol. The average molecular weight is 483 g/mol. The maximum absolute atomic E-state index is 5.44. The van der Waals surface area contributed by atoms with E-state index in [2.05, 4.69) is 45.0 Å². The first kappa shape index (κ1) is 24.2. The normalized spacial score (nSPS) is 14.3. The summed E-state index contributed by atoms with van der Waals surface area (Å²) in [6.45, 7) is 12.8. The number of aromatic nitrogens is 3. The van der Waals surface area contributed by atoms with Gasteiger partial charge in [0.1, 0.15) is 10.8 Å². The number of hydrogen-bond acceptors (Lipinski definition) is 9. The minimum atomic E-state index is 0.719. The Kier molecular flexibility index (Phi) is 7.84. The molecule has 0 atom stereocenters. The molecule has 3 aromatic rings. The van der Waals surface area contributed by atoms with Crippen LogP contribution in [0.1, 0.15) is 25.2 Å². The number of methoxy groups -OCH3 is 2. The van der Waals surface area contributed by atoms with Crippen molar-refractivity contribution in [1.82, 2.24) is 19.9 Å². The first-order valence-corrected chi connectivity index (χ1v) is 12.7. The van der Waals surface area contributed by atoms with Crippen LogP contribution in [0.15, 0.2) is 29.6 Å². The maximum Gasteiger partial charge on any atom is 0.227 e. The summed E-state index contributed by atoms with van der Waals surface area (Å²) in [5.74, 6) is 3.30. The Morgan fingerprint density at radius 3 is 2.35 bits per heavy atom. The highest BCUT2D eigenvalue weighted by atomic mass is 32.1. The van der Waals surface area contributed by atoms with E-state index in [1.165, 1.54) is 0 Å². The van der Waals surface area contributed by atoms with Crippen molar-refractivity contribution in [3.05, 3.63) is 41.0 Å². The summed E-state index contributed by atoms with van der Waals surface area (Å²) in [5.41, 5.74) is 3.16. The van der Waals surface area contributed by atoms with Gasteiger partial charge in [0.25, 0.3) is 0 Å². The summed E-state index contributed by atoms with van der Waals surface area (Å²) in [6, 6.07) is 8.03. The molecule has 0 N–H and O–H groups in total. The van der Waals surface area contributed by atoms with E-state index in [4.69, 9.17) is 19.4 Å². The summed E-state index contributed by atoms with van der Waals surface area (Å²) in [6.07, 6.45) is 0. The van der Waals surface area contributed by atoms with Crippen LogP contribution in [0.2, 0.25) is 0 Å². The third kappa shape index (κ3) is 5.42. The Morgan fingerprint density at radius 1 is 0.941 bits per heavy atom. The molecule has 0 bridgehead atoms. The second-order valence-corrected chi connectivity index (χ2v) is 9.17. The highest BCUT2D eigenvalue weighted by Crippen LogP contribution is 2.33. The van der Waals surface area contributed by atoms with E-state index in [1.807, 2.05) is 25.1 Å². The van der Waals surface area contributed by atoms with Gasteiger partial charge in [0.15, 0.2) is 11.5 Å². The number of hydrogen-bond donors (Lipinski definition) is 0. The number of thiazole rings is 1. The molecule has 0 spiro atoms. The van der Waals surface area contributed by atoms with E-state index in [0.717, 1.165) is 91.0 Å². The molecule has 1 aromatic carbocycles. The van der Waals surface area contributed by atoms with Crippen molar-refractivity contribution in [3.63, 3.8) is 0 Å². The zero-order valence-electron chi connectivity index (χ0n) is 20.7. The quantitative estimate of drug-likeness (QED) is 0.452. The topological polar surface area (TPSA) is 66.9 Å². The molecule has 8 nitrogen and oxygen atoms in total. The molecule has 34 heavy (non-hydrogen) atoms. The first-order valence-electron chi connectivity index (χ1n) is 11.8. The lowest BCUT2D eigenvalue weighted by atomic mass is 10.2. The Bertz CT molecular complexity index is 1090. The number of benzene rings is 1. The summed E-state index contributed by atoms with van der Waals surface area (Å²) < 4.78 is 10.8. The predicted octanol–water partition coefficient (Wildman–Crippen LogP) is 4.09. The SMILES string of the molecule is CCN(CC)c1nc(C)cc(N2CCN(Cc3csc(-c4ccc(OC)c(OC)c4)n3)CC2)n1. The van der Waals surface area contributed by atoms with Gasteiger partial charge < -0.3 is 19.3 Å². The summed E-state index contributed by atoms with van der Waals surface area (Å²) >= 11 is 1.67. The highest BCUT2D eigenvalue weighted by Gasteiger charge is 2.21. The summed E-state index contributed by atoms with van der Waals surface area (Å²) in [7, 11) is 3.30.